The molecular formula is C16H24ClFN2O3S. The molecule has 1 aliphatic rings. The maximum absolute atomic E-state index is 13.8. The zero-order valence-corrected chi connectivity index (χ0v) is 15.4. The van der Waals surface area contributed by atoms with Crippen LogP contribution in [0.15, 0.2) is 18.2 Å². The normalized spacial score (nSPS) is 19.5. The minimum atomic E-state index is -3.58. The van der Waals surface area contributed by atoms with Crippen molar-refractivity contribution in [1.29, 1.82) is 0 Å². The van der Waals surface area contributed by atoms with Gasteiger partial charge in [-0.3, -0.25) is 0 Å². The molecular weight excluding hydrogens is 355 g/mol. The minimum Gasteiger partial charge on any atom is -0.383 e. The summed E-state index contributed by atoms with van der Waals surface area (Å²) in [6.07, 6.45) is 2.03. The Morgan fingerprint density at radius 3 is 2.96 bits per heavy atom. The molecule has 0 amide bonds. The van der Waals surface area contributed by atoms with Gasteiger partial charge in [-0.2, -0.15) is 0 Å². The molecule has 0 aliphatic carbocycles. The number of nitrogens with one attached hydrogen (secondary N) is 1. The molecule has 1 aliphatic heterocycles. The highest BCUT2D eigenvalue weighted by atomic mass is 35.5. The number of nitrogens with zero attached hydrogens (tertiary/aromatic N) is 1. The lowest BCUT2D eigenvalue weighted by molar-refractivity contribution is 0.115. The molecule has 1 heterocycles. The largest absolute Gasteiger partial charge is 0.383 e. The van der Waals surface area contributed by atoms with Crippen molar-refractivity contribution in [3.63, 3.8) is 0 Å². The van der Waals surface area contributed by atoms with Crippen molar-refractivity contribution in [2.24, 2.45) is 5.92 Å². The van der Waals surface area contributed by atoms with E-state index in [1.165, 1.54) is 12.1 Å². The summed E-state index contributed by atoms with van der Waals surface area (Å²) in [7, 11) is -1.91. The first-order valence-corrected chi connectivity index (χ1v) is 10.0. The third-order valence-electron chi connectivity index (χ3n) is 4.17. The Morgan fingerprint density at radius 2 is 2.25 bits per heavy atom. The molecule has 1 aromatic carbocycles. The van der Waals surface area contributed by atoms with Crippen LogP contribution < -0.4 is 4.72 Å². The van der Waals surface area contributed by atoms with Crippen LogP contribution >= 0.6 is 11.6 Å². The topological polar surface area (TPSA) is 58.6 Å². The second kappa shape index (κ2) is 9.10. The molecule has 2 rings (SSSR count). The van der Waals surface area contributed by atoms with E-state index in [4.69, 9.17) is 16.3 Å². The van der Waals surface area contributed by atoms with Crippen LogP contribution in [-0.4, -0.2) is 53.2 Å². The van der Waals surface area contributed by atoms with Gasteiger partial charge in [0.15, 0.2) is 0 Å². The first kappa shape index (κ1) is 19.6. The Hall–Kier alpha value is -0.730. The Balaban J connectivity index is 1.85. The number of piperidine rings is 1. The van der Waals surface area contributed by atoms with Gasteiger partial charge in [0, 0.05) is 37.3 Å². The predicted molar refractivity (Wildman–Crippen MR) is 93.1 cm³/mol. The van der Waals surface area contributed by atoms with Gasteiger partial charge in [0.05, 0.1) is 12.4 Å². The molecule has 1 atom stereocenters. The van der Waals surface area contributed by atoms with Crippen molar-refractivity contribution in [3.8, 4) is 0 Å². The third-order valence-corrected chi connectivity index (χ3v) is 5.70. The third kappa shape index (κ3) is 6.29. The Morgan fingerprint density at radius 1 is 1.46 bits per heavy atom. The highest BCUT2D eigenvalue weighted by Crippen LogP contribution is 2.18. The van der Waals surface area contributed by atoms with Gasteiger partial charge in [-0.05, 0) is 37.4 Å². The van der Waals surface area contributed by atoms with Gasteiger partial charge in [-0.1, -0.05) is 17.7 Å². The molecule has 1 saturated heterocycles. The molecule has 0 spiro atoms. The van der Waals surface area contributed by atoms with Crippen molar-refractivity contribution in [2.75, 3.05) is 39.9 Å². The Kier molecular flexibility index (Phi) is 7.43. The molecule has 1 N–H and O–H groups in total. The lowest BCUT2D eigenvalue weighted by Crippen LogP contribution is -2.42. The summed E-state index contributed by atoms with van der Waals surface area (Å²) < 4.78 is 45.8. The summed E-state index contributed by atoms with van der Waals surface area (Å²) in [5.74, 6) is -0.715. The highest BCUT2D eigenvalue weighted by molar-refractivity contribution is 7.88. The number of rotatable bonds is 8. The average Bonchev–Trinajstić information content (AvgIpc) is 2.54. The van der Waals surface area contributed by atoms with Crippen molar-refractivity contribution < 1.29 is 17.5 Å². The van der Waals surface area contributed by atoms with Gasteiger partial charge in [0.1, 0.15) is 5.82 Å². The van der Waals surface area contributed by atoms with E-state index in [1.54, 1.807) is 7.11 Å². The van der Waals surface area contributed by atoms with E-state index in [9.17, 15) is 12.8 Å². The Bertz CT molecular complexity index is 642. The number of ether oxygens (including phenoxy) is 1. The van der Waals surface area contributed by atoms with E-state index in [-0.39, 0.29) is 22.3 Å². The van der Waals surface area contributed by atoms with Crippen molar-refractivity contribution in [2.45, 2.75) is 18.6 Å². The number of halogens is 2. The fourth-order valence-electron chi connectivity index (χ4n) is 2.88. The maximum atomic E-state index is 13.8. The maximum Gasteiger partial charge on any atom is 0.215 e. The minimum absolute atomic E-state index is 0.122. The van der Waals surface area contributed by atoms with Crippen LogP contribution in [0.4, 0.5) is 4.39 Å². The summed E-state index contributed by atoms with van der Waals surface area (Å²) in [5.41, 5.74) is 0.122. The predicted octanol–water partition coefficient (Wildman–Crippen LogP) is 2.26. The first-order chi connectivity index (χ1) is 11.4. The van der Waals surface area contributed by atoms with E-state index in [0.717, 1.165) is 38.5 Å². The second-order valence-corrected chi connectivity index (χ2v) is 8.39. The van der Waals surface area contributed by atoms with Crippen molar-refractivity contribution in [3.05, 3.63) is 34.6 Å². The highest BCUT2D eigenvalue weighted by Gasteiger charge is 2.22. The van der Waals surface area contributed by atoms with Crippen LogP contribution in [0.3, 0.4) is 0 Å². The number of benzene rings is 1. The molecule has 8 heteroatoms. The smallest absolute Gasteiger partial charge is 0.215 e. The number of sulfonamides is 1. The zero-order valence-electron chi connectivity index (χ0n) is 13.8. The number of hydrogen-bond acceptors (Lipinski definition) is 4. The first-order valence-electron chi connectivity index (χ1n) is 8.02. The quantitative estimate of drug-likeness (QED) is 0.753. The molecule has 0 saturated carbocycles. The summed E-state index contributed by atoms with van der Waals surface area (Å²) >= 11 is 5.68. The van der Waals surface area contributed by atoms with Crippen LogP contribution in [0.2, 0.25) is 5.02 Å². The average molecular weight is 379 g/mol. The lowest BCUT2D eigenvalue weighted by atomic mass is 9.98. The van der Waals surface area contributed by atoms with E-state index in [0.29, 0.717) is 13.2 Å². The van der Waals surface area contributed by atoms with Crippen LogP contribution in [0.1, 0.15) is 18.4 Å². The zero-order chi connectivity index (χ0) is 17.6. The summed E-state index contributed by atoms with van der Waals surface area (Å²) in [6, 6.07) is 4.02. The molecule has 0 radical (unpaired) electrons. The number of methoxy groups -OCH3 is 1. The SMILES string of the molecule is COCCN1CCC[C@H](CNS(=O)(=O)Cc2ccc(Cl)cc2F)C1. The van der Waals surface area contributed by atoms with Gasteiger partial charge in [0.2, 0.25) is 10.0 Å². The molecule has 136 valence electrons. The number of likely N-dealkylation sites (tertiary alicyclic amines) is 1. The van der Waals surface area contributed by atoms with Gasteiger partial charge in [-0.25, -0.2) is 17.5 Å². The van der Waals surface area contributed by atoms with E-state index in [1.807, 2.05) is 0 Å². The molecule has 0 aromatic heterocycles. The van der Waals surface area contributed by atoms with E-state index < -0.39 is 15.8 Å². The summed E-state index contributed by atoms with van der Waals surface area (Å²) in [6.45, 7) is 3.77. The fourth-order valence-corrected chi connectivity index (χ4v) is 4.27. The van der Waals surface area contributed by atoms with Crippen molar-refractivity contribution in [1.82, 2.24) is 9.62 Å². The van der Waals surface area contributed by atoms with Gasteiger partial charge >= 0.3 is 0 Å². The van der Waals surface area contributed by atoms with Crippen LogP contribution in [0.25, 0.3) is 0 Å². The monoisotopic (exact) mass is 378 g/mol. The van der Waals surface area contributed by atoms with Crippen LogP contribution in [0.5, 0.6) is 0 Å². The van der Waals surface area contributed by atoms with Crippen molar-refractivity contribution >= 4 is 21.6 Å². The summed E-state index contributed by atoms with van der Waals surface area (Å²) in [4.78, 5) is 2.28. The van der Waals surface area contributed by atoms with Crippen LogP contribution in [0, 0.1) is 11.7 Å². The van der Waals surface area contributed by atoms with Crippen LogP contribution in [-0.2, 0) is 20.5 Å². The van der Waals surface area contributed by atoms with E-state index >= 15 is 0 Å². The molecule has 24 heavy (non-hydrogen) atoms. The standard InChI is InChI=1S/C16H24ClFN2O3S/c1-23-8-7-20-6-2-3-13(11-20)10-19-24(21,22)12-14-4-5-15(17)9-16(14)18/h4-5,9,13,19H,2-3,6-8,10-12H2,1H3/t13-/m1/s1. The van der Waals surface area contributed by atoms with Gasteiger partial charge < -0.3 is 9.64 Å². The summed E-state index contributed by atoms with van der Waals surface area (Å²) in [5, 5.41) is 0.250. The molecule has 0 bridgehead atoms. The van der Waals surface area contributed by atoms with Gasteiger partial charge in [0.25, 0.3) is 0 Å². The van der Waals surface area contributed by atoms with E-state index in [2.05, 4.69) is 9.62 Å². The fraction of sp³-hybridized carbons (Fsp3) is 0.625. The molecule has 0 unspecified atom stereocenters. The van der Waals surface area contributed by atoms with Gasteiger partial charge in [-0.15, -0.1) is 0 Å². The Labute approximate surface area is 148 Å². The second-order valence-electron chi connectivity index (χ2n) is 6.14. The number of hydrogen-bond donors (Lipinski definition) is 1. The molecule has 1 aromatic rings. The molecule has 5 nitrogen and oxygen atoms in total. The lowest BCUT2D eigenvalue weighted by Gasteiger charge is -2.32. The molecule has 1 fully saturated rings.